The quantitative estimate of drug-likeness (QED) is 0.831. The third-order valence-corrected chi connectivity index (χ3v) is 5.61. The van der Waals surface area contributed by atoms with E-state index in [1.807, 2.05) is 43.5 Å². The molecule has 1 fully saturated rings. The van der Waals surface area contributed by atoms with Gasteiger partial charge >= 0.3 is 6.09 Å². The number of piperazine rings is 1. The maximum atomic E-state index is 12.6. The third kappa shape index (κ3) is 4.88. The van der Waals surface area contributed by atoms with E-state index in [4.69, 9.17) is 4.74 Å². The highest BCUT2D eigenvalue weighted by Crippen LogP contribution is 2.25. The molecular formula is C20H26N4O3S. The van der Waals surface area contributed by atoms with Crippen LogP contribution in [0.3, 0.4) is 0 Å². The van der Waals surface area contributed by atoms with Gasteiger partial charge < -0.3 is 15.0 Å². The zero-order valence-corrected chi connectivity index (χ0v) is 17.3. The SMILES string of the molecule is CCOC(=O)N1CCN(C(C)C(=O)Nc2nc(-c3ccc(C)cc3)cs2)CC1. The summed E-state index contributed by atoms with van der Waals surface area (Å²) in [6.07, 6.45) is -0.286. The van der Waals surface area contributed by atoms with Crippen molar-refractivity contribution in [3.8, 4) is 11.3 Å². The standard InChI is InChI=1S/C20H26N4O3S/c1-4-27-20(26)24-11-9-23(10-12-24)15(3)18(25)22-19-21-17(13-28-19)16-7-5-14(2)6-8-16/h5-8,13,15H,4,9-12H2,1-3H3,(H,21,22,25). The fourth-order valence-electron chi connectivity index (χ4n) is 3.07. The van der Waals surface area contributed by atoms with Gasteiger partial charge in [0.25, 0.3) is 0 Å². The van der Waals surface area contributed by atoms with Crippen molar-refractivity contribution in [2.45, 2.75) is 26.8 Å². The van der Waals surface area contributed by atoms with Gasteiger partial charge in [-0.1, -0.05) is 29.8 Å². The second kappa shape index (κ2) is 9.16. The van der Waals surface area contributed by atoms with Crippen molar-refractivity contribution in [2.75, 3.05) is 38.1 Å². The highest BCUT2D eigenvalue weighted by Gasteiger charge is 2.28. The van der Waals surface area contributed by atoms with Crippen LogP contribution in [0.2, 0.25) is 0 Å². The molecule has 2 heterocycles. The van der Waals surface area contributed by atoms with E-state index >= 15 is 0 Å². The van der Waals surface area contributed by atoms with Crippen LogP contribution in [0.15, 0.2) is 29.6 Å². The monoisotopic (exact) mass is 402 g/mol. The minimum atomic E-state index is -0.295. The molecule has 0 saturated carbocycles. The predicted molar refractivity (Wildman–Crippen MR) is 111 cm³/mol. The number of aromatic nitrogens is 1. The molecule has 1 aliphatic heterocycles. The van der Waals surface area contributed by atoms with Gasteiger partial charge in [-0.15, -0.1) is 11.3 Å². The van der Waals surface area contributed by atoms with Crippen LogP contribution in [0.25, 0.3) is 11.3 Å². The Bertz CT molecular complexity index is 813. The molecule has 3 rings (SSSR count). The van der Waals surface area contributed by atoms with E-state index in [0.29, 0.717) is 37.9 Å². The Hall–Kier alpha value is -2.45. The van der Waals surface area contributed by atoms with Crippen molar-refractivity contribution in [1.29, 1.82) is 0 Å². The number of rotatable bonds is 5. The molecule has 1 unspecified atom stereocenters. The molecule has 1 aromatic carbocycles. The molecule has 150 valence electrons. The smallest absolute Gasteiger partial charge is 0.409 e. The summed E-state index contributed by atoms with van der Waals surface area (Å²) in [6.45, 7) is 8.49. The lowest BCUT2D eigenvalue weighted by atomic mass is 10.1. The lowest BCUT2D eigenvalue weighted by molar-refractivity contribution is -0.121. The topological polar surface area (TPSA) is 74.8 Å². The summed E-state index contributed by atoms with van der Waals surface area (Å²) in [5.41, 5.74) is 3.09. The number of hydrogen-bond acceptors (Lipinski definition) is 6. The van der Waals surface area contributed by atoms with E-state index in [0.717, 1.165) is 11.3 Å². The van der Waals surface area contributed by atoms with E-state index in [-0.39, 0.29) is 18.0 Å². The first kappa shape index (κ1) is 20.3. The average molecular weight is 403 g/mol. The summed E-state index contributed by atoms with van der Waals surface area (Å²) in [5.74, 6) is -0.0885. The van der Waals surface area contributed by atoms with E-state index < -0.39 is 0 Å². The number of benzene rings is 1. The van der Waals surface area contributed by atoms with Crippen LogP contribution in [-0.2, 0) is 9.53 Å². The molecule has 0 spiro atoms. The molecule has 0 aliphatic carbocycles. The third-order valence-electron chi connectivity index (χ3n) is 4.85. The lowest BCUT2D eigenvalue weighted by Gasteiger charge is -2.36. The van der Waals surface area contributed by atoms with Crippen molar-refractivity contribution >= 4 is 28.5 Å². The number of nitrogens with zero attached hydrogens (tertiary/aromatic N) is 3. The van der Waals surface area contributed by atoms with Gasteiger partial charge in [-0.25, -0.2) is 9.78 Å². The van der Waals surface area contributed by atoms with Crippen molar-refractivity contribution in [3.05, 3.63) is 35.2 Å². The minimum Gasteiger partial charge on any atom is -0.450 e. The highest BCUT2D eigenvalue weighted by molar-refractivity contribution is 7.14. The van der Waals surface area contributed by atoms with Crippen molar-refractivity contribution in [1.82, 2.24) is 14.8 Å². The average Bonchev–Trinajstić information content (AvgIpc) is 3.16. The molecule has 1 atom stereocenters. The number of anilines is 1. The van der Waals surface area contributed by atoms with Crippen LogP contribution in [0.1, 0.15) is 19.4 Å². The predicted octanol–water partition coefficient (Wildman–Crippen LogP) is 3.22. The number of aryl methyl sites for hydroxylation is 1. The van der Waals surface area contributed by atoms with Gasteiger partial charge in [0.2, 0.25) is 5.91 Å². The number of carbonyl (C=O) groups is 2. The first-order valence-corrected chi connectivity index (χ1v) is 10.3. The minimum absolute atomic E-state index is 0.0885. The molecule has 28 heavy (non-hydrogen) atoms. The number of carbonyl (C=O) groups excluding carboxylic acids is 2. The molecule has 0 bridgehead atoms. The Labute approximate surface area is 169 Å². The Balaban J connectivity index is 1.54. The van der Waals surface area contributed by atoms with E-state index in [2.05, 4.69) is 15.2 Å². The summed E-state index contributed by atoms with van der Waals surface area (Å²) in [6, 6.07) is 7.86. The summed E-state index contributed by atoms with van der Waals surface area (Å²) in [4.78, 5) is 32.7. The summed E-state index contributed by atoms with van der Waals surface area (Å²) in [7, 11) is 0. The van der Waals surface area contributed by atoms with Crippen LogP contribution < -0.4 is 5.32 Å². The van der Waals surface area contributed by atoms with Crippen LogP contribution in [0.5, 0.6) is 0 Å². The summed E-state index contributed by atoms with van der Waals surface area (Å²) < 4.78 is 5.03. The molecule has 1 saturated heterocycles. The van der Waals surface area contributed by atoms with Gasteiger partial charge in [0.05, 0.1) is 18.3 Å². The largest absolute Gasteiger partial charge is 0.450 e. The zero-order valence-electron chi connectivity index (χ0n) is 16.5. The fraction of sp³-hybridized carbons (Fsp3) is 0.450. The molecule has 1 aromatic heterocycles. The Morgan fingerprint density at radius 1 is 1.21 bits per heavy atom. The number of hydrogen-bond donors (Lipinski definition) is 1. The molecule has 2 aromatic rings. The van der Waals surface area contributed by atoms with Gasteiger partial charge in [-0.2, -0.15) is 0 Å². The van der Waals surface area contributed by atoms with E-state index in [1.165, 1.54) is 16.9 Å². The molecule has 1 N–H and O–H groups in total. The molecule has 1 aliphatic rings. The molecule has 2 amide bonds. The first-order chi connectivity index (χ1) is 13.5. The van der Waals surface area contributed by atoms with E-state index in [1.54, 1.807) is 11.8 Å². The summed E-state index contributed by atoms with van der Waals surface area (Å²) >= 11 is 1.42. The van der Waals surface area contributed by atoms with Gasteiger partial charge in [-0.3, -0.25) is 9.69 Å². The van der Waals surface area contributed by atoms with Crippen LogP contribution in [-0.4, -0.2) is 65.6 Å². The van der Waals surface area contributed by atoms with Crippen LogP contribution in [0.4, 0.5) is 9.93 Å². The second-order valence-electron chi connectivity index (χ2n) is 6.79. The van der Waals surface area contributed by atoms with Gasteiger partial charge in [0.15, 0.2) is 5.13 Å². The molecule has 7 nitrogen and oxygen atoms in total. The number of thiazole rings is 1. The van der Waals surface area contributed by atoms with E-state index in [9.17, 15) is 9.59 Å². The Morgan fingerprint density at radius 2 is 1.89 bits per heavy atom. The van der Waals surface area contributed by atoms with Crippen LogP contribution in [0, 0.1) is 6.92 Å². The number of nitrogens with one attached hydrogen (secondary N) is 1. The molecule has 8 heteroatoms. The van der Waals surface area contributed by atoms with Crippen molar-refractivity contribution in [3.63, 3.8) is 0 Å². The zero-order chi connectivity index (χ0) is 20.1. The normalized spacial score (nSPS) is 15.9. The van der Waals surface area contributed by atoms with Gasteiger partial charge in [0, 0.05) is 37.1 Å². The Kier molecular flexibility index (Phi) is 6.64. The molecule has 0 radical (unpaired) electrons. The summed E-state index contributed by atoms with van der Waals surface area (Å²) in [5, 5.41) is 5.46. The second-order valence-corrected chi connectivity index (χ2v) is 7.65. The highest BCUT2D eigenvalue weighted by atomic mass is 32.1. The lowest BCUT2D eigenvalue weighted by Crippen LogP contribution is -2.54. The van der Waals surface area contributed by atoms with Crippen molar-refractivity contribution in [2.24, 2.45) is 0 Å². The van der Waals surface area contributed by atoms with Gasteiger partial charge in [0.1, 0.15) is 0 Å². The maximum Gasteiger partial charge on any atom is 0.409 e. The number of ether oxygens (including phenoxy) is 1. The Morgan fingerprint density at radius 3 is 2.54 bits per heavy atom. The van der Waals surface area contributed by atoms with Crippen molar-refractivity contribution < 1.29 is 14.3 Å². The fourth-order valence-corrected chi connectivity index (χ4v) is 3.79. The van der Waals surface area contributed by atoms with Gasteiger partial charge in [-0.05, 0) is 20.8 Å². The molecular weight excluding hydrogens is 376 g/mol. The van der Waals surface area contributed by atoms with Crippen LogP contribution >= 0.6 is 11.3 Å². The maximum absolute atomic E-state index is 12.6. The number of amides is 2. The first-order valence-electron chi connectivity index (χ1n) is 9.47.